The fourth-order valence-corrected chi connectivity index (χ4v) is 4.99. The largest absolute Gasteiger partial charge is 0.471 e. The average molecular weight is 501 g/mol. The van der Waals surface area contributed by atoms with Gasteiger partial charge in [-0.25, -0.2) is 9.59 Å². The maximum Gasteiger partial charge on any atom is 0.377 e. The molecule has 0 spiro atoms. The summed E-state index contributed by atoms with van der Waals surface area (Å²) in [5, 5.41) is 4.29. The van der Waals surface area contributed by atoms with Gasteiger partial charge in [-0.3, -0.25) is 0 Å². The number of carbonyl (C=O) groups excluding carboxylic acids is 2. The highest BCUT2D eigenvalue weighted by Gasteiger charge is 2.36. The van der Waals surface area contributed by atoms with Gasteiger partial charge in [-0.05, 0) is 46.7 Å². The van der Waals surface area contributed by atoms with Crippen molar-refractivity contribution in [3.63, 3.8) is 0 Å². The highest BCUT2D eigenvalue weighted by molar-refractivity contribution is 6.09. The second kappa shape index (κ2) is 9.87. The second-order valence-electron chi connectivity index (χ2n) is 8.95. The third-order valence-electron chi connectivity index (χ3n) is 6.68. The minimum absolute atomic E-state index is 0.0502. The van der Waals surface area contributed by atoms with E-state index in [9.17, 15) is 9.59 Å². The van der Waals surface area contributed by atoms with E-state index >= 15 is 0 Å². The van der Waals surface area contributed by atoms with Gasteiger partial charge in [0.1, 0.15) is 0 Å². The quantitative estimate of drug-likeness (QED) is 0.189. The van der Waals surface area contributed by atoms with Crippen molar-refractivity contribution in [3.05, 3.63) is 137 Å². The fourth-order valence-electron chi connectivity index (χ4n) is 4.99. The first-order valence-corrected chi connectivity index (χ1v) is 12.5. The molecule has 5 nitrogen and oxygen atoms in total. The van der Waals surface area contributed by atoms with Crippen molar-refractivity contribution in [1.29, 1.82) is 0 Å². The van der Waals surface area contributed by atoms with E-state index in [0.29, 0.717) is 11.1 Å². The molecular formula is C33H24O5. The van der Waals surface area contributed by atoms with Crippen LogP contribution in [-0.2, 0) is 19.0 Å². The van der Waals surface area contributed by atoms with Crippen LogP contribution in [0.25, 0.3) is 27.3 Å². The van der Waals surface area contributed by atoms with Gasteiger partial charge in [0, 0.05) is 16.7 Å². The summed E-state index contributed by atoms with van der Waals surface area (Å²) in [5.74, 6) is -1.35. The van der Waals surface area contributed by atoms with Crippen molar-refractivity contribution < 1.29 is 23.8 Å². The van der Waals surface area contributed by atoms with Crippen LogP contribution in [0.4, 0.5) is 0 Å². The molecule has 0 bridgehead atoms. The summed E-state index contributed by atoms with van der Waals surface area (Å²) < 4.78 is 17.6. The lowest BCUT2D eigenvalue weighted by molar-refractivity contribution is -0.143. The Hall–Kier alpha value is -4.90. The molecule has 0 saturated heterocycles. The highest BCUT2D eigenvalue weighted by Crippen LogP contribution is 2.44. The Labute approximate surface area is 219 Å². The Bertz CT molecular complexity index is 1720. The molecule has 5 heteroatoms. The smallest absolute Gasteiger partial charge is 0.377 e. The van der Waals surface area contributed by atoms with E-state index in [1.807, 2.05) is 54.6 Å². The molecule has 5 aromatic rings. The lowest BCUT2D eigenvalue weighted by atomic mass is 9.88. The van der Waals surface area contributed by atoms with Crippen molar-refractivity contribution in [1.82, 2.24) is 0 Å². The molecular weight excluding hydrogens is 476 g/mol. The van der Waals surface area contributed by atoms with E-state index in [1.165, 1.54) is 0 Å². The third-order valence-corrected chi connectivity index (χ3v) is 6.68. The van der Waals surface area contributed by atoms with Crippen LogP contribution < -0.4 is 0 Å². The van der Waals surface area contributed by atoms with Crippen LogP contribution in [-0.4, -0.2) is 18.5 Å². The molecule has 0 radical (unpaired) electrons. The summed E-state index contributed by atoms with van der Waals surface area (Å²) >= 11 is 0. The molecule has 0 saturated carbocycles. The minimum atomic E-state index is -0.687. The molecule has 1 aliphatic rings. The van der Waals surface area contributed by atoms with E-state index in [0.717, 1.165) is 32.7 Å². The van der Waals surface area contributed by atoms with E-state index < -0.39 is 18.0 Å². The summed E-state index contributed by atoms with van der Waals surface area (Å²) in [6.07, 6.45) is -0.626. The number of hydrogen-bond donors (Lipinski definition) is 0. The summed E-state index contributed by atoms with van der Waals surface area (Å²) in [6, 6.07) is 34.6. The Kier molecular flexibility index (Phi) is 6.10. The van der Waals surface area contributed by atoms with Gasteiger partial charge in [-0.1, -0.05) is 91.0 Å². The van der Waals surface area contributed by atoms with Gasteiger partial charge in [-0.2, -0.15) is 0 Å². The Balaban J connectivity index is 1.55. The molecule has 38 heavy (non-hydrogen) atoms. The number of hydrogen-bond acceptors (Lipinski definition) is 5. The molecule has 6 rings (SSSR count). The third kappa shape index (κ3) is 4.08. The lowest BCUT2D eigenvalue weighted by Crippen LogP contribution is -2.23. The van der Waals surface area contributed by atoms with E-state index in [-0.39, 0.29) is 18.1 Å². The van der Waals surface area contributed by atoms with Gasteiger partial charge in [-0.15, -0.1) is 0 Å². The Morgan fingerprint density at radius 2 is 1.37 bits per heavy atom. The molecule has 1 aliphatic heterocycles. The van der Waals surface area contributed by atoms with Crippen LogP contribution in [0.5, 0.6) is 0 Å². The van der Waals surface area contributed by atoms with E-state index in [1.54, 1.807) is 31.2 Å². The van der Waals surface area contributed by atoms with Gasteiger partial charge in [0.05, 0.1) is 12.2 Å². The van der Waals surface area contributed by atoms with Gasteiger partial charge < -0.3 is 14.2 Å². The van der Waals surface area contributed by atoms with Crippen molar-refractivity contribution in [2.24, 2.45) is 0 Å². The molecule has 186 valence electrons. The number of esters is 2. The van der Waals surface area contributed by atoms with Gasteiger partial charge in [0.2, 0.25) is 5.76 Å². The Morgan fingerprint density at radius 3 is 2.16 bits per heavy atom. The number of benzene rings is 5. The molecule has 5 aromatic carbocycles. The van der Waals surface area contributed by atoms with Crippen LogP contribution >= 0.6 is 0 Å². The van der Waals surface area contributed by atoms with Crippen LogP contribution in [0.1, 0.15) is 40.1 Å². The van der Waals surface area contributed by atoms with Crippen LogP contribution in [0.3, 0.4) is 0 Å². The highest BCUT2D eigenvalue weighted by atomic mass is 16.6. The molecule has 0 aliphatic carbocycles. The SMILES string of the molecule is CCOC(=O)C1=C(OC(=O)c2ccccc2)c2ccccc2[C@H](c2cc3ccccc3c3ccccc23)O1. The zero-order valence-electron chi connectivity index (χ0n) is 20.7. The van der Waals surface area contributed by atoms with Gasteiger partial charge in [0.25, 0.3) is 0 Å². The molecule has 0 unspecified atom stereocenters. The second-order valence-corrected chi connectivity index (χ2v) is 8.95. The monoisotopic (exact) mass is 500 g/mol. The zero-order chi connectivity index (χ0) is 26.1. The van der Waals surface area contributed by atoms with Crippen LogP contribution in [0.2, 0.25) is 0 Å². The molecule has 0 amide bonds. The Morgan fingerprint density at radius 1 is 0.711 bits per heavy atom. The summed E-state index contributed by atoms with van der Waals surface area (Å²) in [5.41, 5.74) is 2.66. The first-order chi connectivity index (χ1) is 18.7. The molecule has 0 fully saturated rings. The predicted octanol–water partition coefficient (Wildman–Crippen LogP) is 7.20. The van der Waals surface area contributed by atoms with Crippen molar-refractivity contribution in [2.75, 3.05) is 6.61 Å². The molecule has 0 aromatic heterocycles. The fraction of sp³-hybridized carbons (Fsp3) is 0.0909. The maximum atomic E-state index is 13.2. The number of ether oxygens (including phenoxy) is 3. The number of rotatable bonds is 5. The summed E-state index contributed by atoms with van der Waals surface area (Å²) in [7, 11) is 0. The van der Waals surface area contributed by atoms with Crippen LogP contribution in [0.15, 0.2) is 115 Å². The summed E-state index contributed by atoms with van der Waals surface area (Å²) in [6.45, 7) is 1.87. The van der Waals surface area contributed by atoms with E-state index in [2.05, 4.69) is 30.3 Å². The minimum Gasteiger partial charge on any atom is -0.471 e. The lowest BCUT2D eigenvalue weighted by Gasteiger charge is -2.30. The maximum absolute atomic E-state index is 13.2. The van der Waals surface area contributed by atoms with Gasteiger partial charge >= 0.3 is 11.9 Å². The number of fused-ring (bicyclic) bond motifs is 4. The average Bonchev–Trinajstić information content (AvgIpc) is 2.97. The summed E-state index contributed by atoms with van der Waals surface area (Å²) in [4.78, 5) is 26.3. The predicted molar refractivity (Wildman–Crippen MR) is 146 cm³/mol. The number of carbonyl (C=O) groups is 2. The first-order valence-electron chi connectivity index (χ1n) is 12.5. The van der Waals surface area contributed by atoms with E-state index in [4.69, 9.17) is 14.2 Å². The zero-order valence-corrected chi connectivity index (χ0v) is 20.7. The normalized spacial score (nSPS) is 14.6. The van der Waals surface area contributed by atoms with Crippen molar-refractivity contribution >= 4 is 39.2 Å². The van der Waals surface area contributed by atoms with Crippen LogP contribution in [0, 0.1) is 0 Å². The standard InChI is InChI=1S/C33H24O5/c1-2-36-33(35)31-30(38-32(34)21-12-4-3-5-13-21)27-19-11-10-18-26(27)29(37-31)28-20-22-14-6-7-15-23(22)24-16-8-9-17-25(24)28/h3-20,29H,2H2,1H3/t29-/m1/s1. The molecule has 1 atom stereocenters. The first kappa shape index (κ1) is 23.5. The van der Waals surface area contributed by atoms with Crippen molar-refractivity contribution in [2.45, 2.75) is 13.0 Å². The van der Waals surface area contributed by atoms with Crippen molar-refractivity contribution in [3.8, 4) is 0 Å². The molecule has 0 N–H and O–H groups in total. The van der Waals surface area contributed by atoms with Gasteiger partial charge in [0.15, 0.2) is 11.9 Å². The molecule has 1 heterocycles. The topological polar surface area (TPSA) is 61.8 Å².